The van der Waals surface area contributed by atoms with Crippen LogP contribution in [0.1, 0.15) is 12.8 Å². The molecule has 0 spiro atoms. The Kier molecular flexibility index (Phi) is 8.66. The number of halogens is 4. The smallest absolute Gasteiger partial charge is 0.394 e. The maximum Gasteiger partial charge on any atom is 0.394 e. The SMILES string of the molecule is C[Si](C)(C)O[Si](C)(CCCOC(F)CC(F)(F)F)O[Si](C)(C)C. The van der Waals surface area contributed by atoms with E-state index in [1.165, 1.54) is 0 Å². The lowest BCUT2D eigenvalue weighted by Gasteiger charge is -2.38. The van der Waals surface area contributed by atoms with E-state index in [0.717, 1.165) is 0 Å². The second kappa shape index (κ2) is 8.57. The molecule has 1 atom stereocenters. The zero-order valence-corrected chi connectivity index (χ0v) is 18.1. The molecule has 1 unspecified atom stereocenters. The van der Waals surface area contributed by atoms with E-state index in [-0.39, 0.29) is 6.61 Å². The fourth-order valence-electron chi connectivity index (χ4n) is 2.26. The van der Waals surface area contributed by atoms with Gasteiger partial charge >= 0.3 is 14.7 Å². The molecule has 0 aromatic carbocycles. The van der Waals surface area contributed by atoms with Crippen LogP contribution in [0, 0.1) is 0 Å². The summed E-state index contributed by atoms with van der Waals surface area (Å²) in [6.45, 7) is 14.3. The normalized spacial score (nSPS) is 15.8. The van der Waals surface area contributed by atoms with Gasteiger partial charge in [-0.2, -0.15) is 13.2 Å². The lowest BCUT2D eigenvalue weighted by Crippen LogP contribution is -2.52. The van der Waals surface area contributed by atoms with Crippen LogP contribution in [0.2, 0.25) is 51.9 Å². The molecule has 0 aliphatic heterocycles. The van der Waals surface area contributed by atoms with E-state index in [9.17, 15) is 17.6 Å². The van der Waals surface area contributed by atoms with Crippen LogP contribution in [0.25, 0.3) is 0 Å². The van der Waals surface area contributed by atoms with E-state index in [1.54, 1.807) is 0 Å². The topological polar surface area (TPSA) is 27.7 Å². The zero-order valence-electron chi connectivity index (χ0n) is 15.1. The summed E-state index contributed by atoms with van der Waals surface area (Å²) < 4.78 is 66.3. The van der Waals surface area contributed by atoms with Gasteiger partial charge in [-0.05, 0) is 58.3 Å². The lowest BCUT2D eigenvalue weighted by atomic mass is 10.4. The average molecular weight is 395 g/mol. The van der Waals surface area contributed by atoms with Gasteiger partial charge in [-0.3, -0.25) is 0 Å². The molecule has 0 radical (unpaired) electrons. The molecule has 0 aromatic heterocycles. The summed E-state index contributed by atoms with van der Waals surface area (Å²) in [5.41, 5.74) is 0. The van der Waals surface area contributed by atoms with E-state index < -0.39 is 44.2 Å². The van der Waals surface area contributed by atoms with Crippen LogP contribution >= 0.6 is 0 Å². The summed E-state index contributed by atoms with van der Waals surface area (Å²) in [6, 6.07) is 0.584. The number of ether oxygens (including phenoxy) is 1. The fraction of sp³-hybridized carbons (Fsp3) is 1.00. The third-order valence-electron chi connectivity index (χ3n) is 2.51. The first-order valence-electron chi connectivity index (χ1n) is 7.74. The Morgan fingerprint density at radius 1 is 0.870 bits per heavy atom. The van der Waals surface area contributed by atoms with Crippen molar-refractivity contribution in [3.05, 3.63) is 0 Å². The van der Waals surface area contributed by atoms with Crippen molar-refractivity contribution in [3.8, 4) is 0 Å². The summed E-state index contributed by atoms with van der Waals surface area (Å²) in [4.78, 5) is 0. The second-order valence-electron chi connectivity index (χ2n) is 7.77. The van der Waals surface area contributed by atoms with Gasteiger partial charge in [0.15, 0.2) is 16.6 Å². The van der Waals surface area contributed by atoms with E-state index in [1.807, 2.05) is 6.55 Å². The standard InChI is InChI=1S/C13H30F4O3Si3/c1-21(2,3)19-23(7,20-22(4,5)6)10-8-9-18-12(14)11-13(15,16)17/h12H,8-11H2,1-7H3. The van der Waals surface area contributed by atoms with E-state index in [4.69, 9.17) is 8.23 Å². The molecule has 140 valence electrons. The van der Waals surface area contributed by atoms with Gasteiger partial charge in [-0.1, -0.05) is 0 Å². The Morgan fingerprint density at radius 2 is 1.30 bits per heavy atom. The predicted molar refractivity (Wildman–Crippen MR) is 91.4 cm³/mol. The highest BCUT2D eigenvalue weighted by Crippen LogP contribution is 2.26. The molecule has 0 N–H and O–H groups in total. The number of rotatable bonds is 10. The molecule has 0 rings (SSSR count). The minimum atomic E-state index is -4.55. The maximum absolute atomic E-state index is 13.1. The Hall–Kier alpha value is 0.251. The molecule has 0 amide bonds. The molecule has 0 aliphatic rings. The van der Waals surface area contributed by atoms with Gasteiger partial charge < -0.3 is 13.0 Å². The first-order valence-corrected chi connectivity index (χ1v) is 17.1. The van der Waals surface area contributed by atoms with Crippen LogP contribution in [-0.4, -0.2) is 44.3 Å². The van der Waals surface area contributed by atoms with Crippen molar-refractivity contribution >= 4 is 25.2 Å². The molecule has 0 fully saturated rings. The quantitative estimate of drug-likeness (QED) is 0.281. The van der Waals surface area contributed by atoms with Crippen LogP contribution in [0.4, 0.5) is 17.6 Å². The largest absolute Gasteiger partial charge is 0.437 e. The van der Waals surface area contributed by atoms with Crippen molar-refractivity contribution < 1.29 is 30.5 Å². The first-order chi connectivity index (χ1) is 10.0. The monoisotopic (exact) mass is 394 g/mol. The van der Waals surface area contributed by atoms with Crippen LogP contribution in [-0.2, 0) is 13.0 Å². The van der Waals surface area contributed by atoms with Gasteiger partial charge in [0.25, 0.3) is 0 Å². The molecule has 23 heavy (non-hydrogen) atoms. The molecule has 0 saturated heterocycles. The van der Waals surface area contributed by atoms with Crippen molar-refractivity contribution in [1.29, 1.82) is 0 Å². The fourth-order valence-corrected chi connectivity index (χ4v) is 14.8. The van der Waals surface area contributed by atoms with Gasteiger partial charge in [-0.15, -0.1) is 0 Å². The van der Waals surface area contributed by atoms with Crippen molar-refractivity contribution in [3.63, 3.8) is 0 Å². The Labute approximate surface area is 140 Å². The van der Waals surface area contributed by atoms with Gasteiger partial charge in [0.1, 0.15) is 0 Å². The summed E-state index contributed by atoms with van der Waals surface area (Å²) >= 11 is 0. The van der Waals surface area contributed by atoms with Gasteiger partial charge in [-0.25, -0.2) is 4.39 Å². The molecular weight excluding hydrogens is 364 g/mol. The molecule has 0 saturated carbocycles. The predicted octanol–water partition coefficient (Wildman–Crippen LogP) is 5.42. The summed E-state index contributed by atoms with van der Waals surface area (Å²) in [5.74, 6) is 0. The highest BCUT2D eigenvalue weighted by molar-refractivity contribution is 6.87. The van der Waals surface area contributed by atoms with E-state index >= 15 is 0 Å². The summed E-state index contributed by atoms with van der Waals surface area (Å²) in [7, 11) is -6.06. The molecular formula is C13H30F4O3Si3. The van der Waals surface area contributed by atoms with Crippen LogP contribution < -0.4 is 0 Å². The Balaban J connectivity index is 4.46. The molecule has 3 nitrogen and oxygen atoms in total. The van der Waals surface area contributed by atoms with Gasteiger partial charge in [0, 0.05) is 6.61 Å². The van der Waals surface area contributed by atoms with Crippen molar-refractivity contribution in [2.24, 2.45) is 0 Å². The molecule has 10 heteroatoms. The summed E-state index contributed by atoms with van der Waals surface area (Å²) in [6.07, 6.45) is -8.00. The third-order valence-corrected chi connectivity index (χ3v) is 12.1. The second-order valence-corrected chi connectivity index (χ2v) is 20.6. The van der Waals surface area contributed by atoms with E-state index in [0.29, 0.717) is 12.5 Å². The Morgan fingerprint density at radius 3 is 1.65 bits per heavy atom. The lowest BCUT2D eigenvalue weighted by molar-refractivity contribution is -0.183. The number of hydrogen-bond donors (Lipinski definition) is 0. The molecule has 0 bridgehead atoms. The molecule has 0 aliphatic carbocycles. The highest BCUT2D eigenvalue weighted by Gasteiger charge is 2.40. The van der Waals surface area contributed by atoms with Crippen molar-refractivity contribution in [1.82, 2.24) is 0 Å². The van der Waals surface area contributed by atoms with Gasteiger partial charge in [0.2, 0.25) is 6.36 Å². The highest BCUT2D eigenvalue weighted by atomic mass is 28.5. The van der Waals surface area contributed by atoms with Crippen LogP contribution in [0.5, 0.6) is 0 Å². The van der Waals surface area contributed by atoms with Gasteiger partial charge in [0.05, 0.1) is 6.42 Å². The third kappa shape index (κ3) is 14.3. The Bertz CT molecular complexity index is 338. The first kappa shape index (κ1) is 23.3. The number of hydrogen-bond acceptors (Lipinski definition) is 3. The number of alkyl halides is 4. The minimum absolute atomic E-state index is 0.0655. The molecule has 0 aromatic rings. The minimum Gasteiger partial charge on any atom is -0.437 e. The van der Waals surface area contributed by atoms with Crippen LogP contribution in [0.3, 0.4) is 0 Å². The maximum atomic E-state index is 13.1. The van der Waals surface area contributed by atoms with E-state index in [2.05, 4.69) is 44.0 Å². The molecule has 0 heterocycles. The zero-order chi connectivity index (χ0) is 18.5. The average Bonchev–Trinajstić information content (AvgIpc) is 2.15. The van der Waals surface area contributed by atoms with Crippen LogP contribution in [0.15, 0.2) is 0 Å². The van der Waals surface area contributed by atoms with Crippen molar-refractivity contribution in [2.75, 3.05) is 6.61 Å². The van der Waals surface area contributed by atoms with Crippen molar-refractivity contribution in [2.45, 2.75) is 77.2 Å². The summed E-state index contributed by atoms with van der Waals surface area (Å²) in [5, 5.41) is 0.